The van der Waals surface area contributed by atoms with Crippen LogP contribution in [0.25, 0.3) is 22.3 Å². The zero-order chi connectivity index (χ0) is 17.4. The Bertz CT molecular complexity index is 1170. The number of fused-ring (bicyclic) bond motifs is 1. The minimum absolute atomic E-state index is 0.00550. The molecule has 0 bridgehead atoms. The van der Waals surface area contributed by atoms with Gasteiger partial charge in [0.15, 0.2) is 0 Å². The monoisotopic (exact) mass is 374 g/mol. The van der Waals surface area contributed by atoms with E-state index in [9.17, 15) is 12.8 Å². The predicted molar refractivity (Wildman–Crippen MR) is 94.4 cm³/mol. The van der Waals surface area contributed by atoms with E-state index < -0.39 is 15.8 Å². The first kappa shape index (κ1) is 15.7. The quantitative estimate of drug-likeness (QED) is 0.571. The van der Waals surface area contributed by atoms with Crippen molar-refractivity contribution < 1.29 is 12.8 Å². The third kappa shape index (κ3) is 2.87. The number of aromatic amines is 1. The summed E-state index contributed by atoms with van der Waals surface area (Å²) in [6.45, 7) is 0. The molecule has 6 nitrogen and oxygen atoms in total. The first-order valence-corrected chi connectivity index (χ1v) is 9.43. The van der Waals surface area contributed by atoms with Gasteiger partial charge >= 0.3 is 0 Å². The standard InChI is InChI=1S/C16H11FN4O2S2/c17-12-5-2-1-4-11(12)15-8-10(9-18-15)25(22,23)21-14-7-3-6-13-16(14)20-24-19-13/h1-9,18,21H. The molecule has 0 aliphatic rings. The number of aromatic nitrogens is 3. The summed E-state index contributed by atoms with van der Waals surface area (Å²) < 4.78 is 49.8. The number of nitrogens with zero attached hydrogens (tertiary/aromatic N) is 2. The molecule has 0 amide bonds. The number of benzene rings is 2. The largest absolute Gasteiger partial charge is 0.360 e. The van der Waals surface area contributed by atoms with Crippen LogP contribution in [0.5, 0.6) is 0 Å². The normalized spacial score (nSPS) is 11.7. The van der Waals surface area contributed by atoms with E-state index in [4.69, 9.17) is 0 Å². The second-order valence-corrected chi connectivity index (χ2v) is 7.48. The van der Waals surface area contributed by atoms with Crippen molar-refractivity contribution in [3.63, 3.8) is 0 Å². The Morgan fingerprint density at radius 1 is 1.08 bits per heavy atom. The summed E-state index contributed by atoms with van der Waals surface area (Å²) in [7, 11) is -3.85. The van der Waals surface area contributed by atoms with Gasteiger partial charge in [-0.05, 0) is 30.3 Å². The van der Waals surface area contributed by atoms with Crippen molar-refractivity contribution in [1.29, 1.82) is 0 Å². The molecule has 2 aromatic carbocycles. The SMILES string of the molecule is O=S(=O)(Nc1cccc2nsnc12)c1c[nH]c(-c2ccccc2F)c1. The molecule has 0 atom stereocenters. The molecule has 0 saturated heterocycles. The van der Waals surface area contributed by atoms with Crippen LogP contribution in [0.1, 0.15) is 0 Å². The molecular formula is C16H11FN4O2S2. The van der Waals surface area contributed by atoms with Crippen molar-refractivity contribution in [3.05, 3.63) is 60.5 Å². The van der Waals surface area contributed by atoms with E-state index in [0.717, 1.165) is 11.7 Å². The van der Waals surface area contributed by atoms with Crippen molar-refractivity contribution >= 4 is 38.5 Å². The summed E-state index contributed by atoms with van der Waals surface area (Å²) in [5, 5.41) is 0. The maximum Gasteiger partial charge on any atom is 0.263 e. The maximum atomic E-state index is 13.9. The molecule has 0 saturated carbocycles. The van der Waals surface area contributed by atoms with E-state index in [1.54, 1.807) is 36.4 Å². The summed E-state index contributed by atoms with van der Waals surface area (Å²) in [5.74, 6) is -0.431. The highest BCUT2D eigenvalue weighted by atomic mass is 32.2. The second kappa shape index (κ2) is 5.94. The van der Waals surface area contributed by atoms with E-state index in [0.29, 0.717) is 28.0 Å². The molecule has 25 heavy (non-hydrogen) atoms. The van der Waals surface area contributed by atoms with Gasteiger partial charge in [-0.3, -0.25) is 4.72 Å². The number of hydrogen-bond donors (Lipinski definition) is 2. The van der Waals surface area contributed by atoms with Gasteiger partial charge in [-0.15, -0.1) is 0 Å². The van der Waals surface area contributed by atoms with Crippen LogP contribution >= 0.6 is 11.7 Å². The zero-order valence-corrected chi connectivity index (χ0v) is 14.2. The topological polar surface area (TPSA) is 87.7 Å². The Kier molecular flexibility index (Phi) is 3.74. The van der Waals surface area contributed by atoms with Crippen LogP contribution in [-0.2, 0) is 10.0 Å². The van der Waals surface area contributed by atoms with Gasteiger partial charge in [0.25, 0.3) is 10.0 Å². The Balaban J connectivity index is 1.70. The fraction of sp³-hybridized carbons (Fsp3) is 0. The first-order chi connectivity index (χ1) is 12.0. The number of rotatable bonds is 4. The third-order valence-electron chi connectivity index (χ3n) is 3.66. The summed E-state index contributed by atoms with van der Waals surface area (Å²) in [4.78, 5) is 2.81. The van der Waals surface area contributed by atoms with Crippen molar-refractivity contribution in [2.24, 2.45) is 0 Å². The average molecular weight is 374 g/mol. The van der Waals surface area contributed by atoms with Crippen LogP contribution in [0.3, 0.4) is 0 Å². The number of halogens is 1. The number of hydrogen-bond acceptors (Lipinski definition) is 5. The van der Waals surface area contributed by atoms with Gasteiger partial charge in [-0.25, -0.2) is 12.8 Å². The van der Waals surface area contributed by atoms with Gasteiger partial charge in [0.05, 0.1) is 17.4 Å². The van der Waals surface area contributed by atoms with Crippen molar-refractivity contribution in [1.82, 2.24) is 13.7 Å². The molecule has 0 fully saturated rings. The van der Waals surface area contributed by atoms with Crippen LogP contribution in [0.15, 0.2) is 59.6 Å². The van der Waals surface area contributed by atoms with E-state index >= 15 is 0 Å². The molecule has 0 aliphatic heterocycles. The second-order valence-electron chi connectivity index (χ2n) is 5.27. The van der Waals surface area contributed by atoms with Gasteiger partial charge in [-0.1, -0.05) is 18.2 Å². The fourth-order valence-corrected chi connectivity index (χ4v) is 4.07. The summed E-state index contributed by atoms with van der Waals surface area (Å²) >= 11 is 1.01. The molecule has 9 heteroatoms. The van der Waals surface area contributed by atoms with E-state index in [2.05, 4.69) is 18.5 Å². The maximum absolute atomic E-state index is 13.9. The van der Waals surface area contributed by atoms with E-state index in [1.807, 2.05) is 0 Å². The third-order valence-corrected chi connectivity index (χ3v) is 5.55. The minimum atomic E-state index is -3.85. The van der Waals surface area contributed by atoms with Gasteiger partial charge in [0.1, 0.15) is 21.7 Å². The molecule has 2 heterocycles. The van der Waals surface area contributed by atoms with Crippen LogP contribution in [-0.4, -0.2) is 22.1 Å². The van der Waals surface area contributed by atoms with Crippen molar-refractivity contribution in [3.8, 4) is 11.3 Å². The van der Waals surface area contributed by atoms with E-state index in [-0.39, 0.29) is 4.90 Å². The molecule has 126 valence electrons. The minimum Gasteiger partial charge on any atom is -0.360 e. The summed E-state index contributed by atoms with van der Waals surface area (Å²) in [6, 6.07) is 12.6. The number of H-pyrrole nitrogens is 1. The molecule has 2 N–H and O–H groups in total. The van der Waals surface area contributed by atoms with Gasteiger partial charge in [0.2, 0.25) is 0 Å². The van der Waals surface area contributed by atoms with Crippen LogP contribution in [0, 0.1) is 5.82 Å². The molecule has 4 rings (SSSR count). The summed E-state index contributed by atoms with van der Waals surface area (Å²) in [5.41, 5.74) is 2.13. The highest BCUT2D eigenvalue weighted by Gasteiger charge is 2.19. The number of anilines is 1. The lowest BCUT2D eigenvalue weighted by molar-refractivity contribution is 0.601. The Hall–Kier alpha value is -2.78. The van der Waals surface area contributed by atoms with Gasteiger partial charge in [0, 0.05) is 17.5 Å². The first-order valence-electron chi connectivity index (χ1n) is 7.22. The molecule has 0 spiro atoms. The van der Waals surface area contributed by atoms with Gasteiger partial charge in [-0.2, -0.15) is 8.75 Å². The summed E-state index contributed by atoms with van der Waals surface area (Å²) in [6.07, 6.45) is 1.32. The number of nitrogens with one attached hydrogen (secondary N) is 2. The van der Waals surface area contributed by atoms with Gasteiger partial charge < -0.3 is 4.98 Å². The molecule has 2 aromatic heterocycles. The Morgan fingerprint density at radius 2 is 1.92 bits per heavy atom. The molecule has 0 unspecified atom stereocenters. The smallest absolute Gasteiger partial charge is 0.263 e. The Labute approximate surface area is 146 Å². The predicted octanol–water partition coefficient (Wildman–Crippen LogP) is 3.63. The van der Waals surface area contributed by atoms with Crippen molar-refractivity contribution in [2.45, 2.75) is 4.90 Å². The molecule has 4 aromatic rings. The highest BCUT2D eigenvalue weighted by molar-refractivity contribution is 7.92. The van der Waals surface area contributed by atoms with E-state index in [1.165, 1.54) is 18.3 Å². The fourth-order valence-electron chi connectivity index (χ4n) is 2.46. The lowest BCUT2D eigenvalue weighted by atomic mass is 10.1. The molecule has 0 radical (unpaired) electrons. The lowest BCUT2D eigenvalue weighted by Crippen LogP contribution is -2.12. The van der Waals surface area contributed by atoms with Crippen molar-refractivity contribution in [2.75, 3.05) is 4.72 Å². The lowest BCUT2D eigenvalue weighted by Gasteiger charge is -2.06. The molecular weight excluding hydrogens is 363 g/mol. The number of sulfonamides is 1. The highest BCUT2D eigenvalue weighted by Crippen LogP contribution is 2.27. The Morgan fingerprint density at radius 3 is 2.76 bits per heavy atom. The van der Waals surface area contributed by atoms with Crippen LogP contribution < -0.4 is 4.72 Å². The zero-order valence-electron chi connectivity index (χ0n) is 12.6. The molecule has 0 aliphatic carbocycles. The van der Waals surface area contributed by atoms with Crippen LogP contribution in [0.4, 0.5) is 10.1 Å². The van der Waals surface area contributed by atoms with Crippen LogP contribution in [0.2, 0.25) is 0 Å². The average Bonchev–Trinajstić information content (AvgIpc) is 3.25.